The van der Waals surface area contributed by atoms with Crippen LogP contribution in [0.3, 0.4) is 0 Å². The third kappa shape index (κ3) is 6.60. The average Bonchev–Trinajstić information content (AvgIpc) is 2.50. The molecule has 4 nitrogen and oxygen atoms in total. The molecule has 134 valence electrons. The number of hydrogen-bond donors (Lipinski definition) is 3. The van der Waals surface area contributed by atoms with Gasteiger partial charge in [-0.15, -0.1) is 0 Å². The van der Waals surface area contributed by atoms with Crippen molar-refractivity contribution in [3.05, 3.63) is 34.9 Å². The first kappa shape index (κ1) is 19.5. The van der Waals surface area contributed by atoms with Gasteiger partial charge in [-0.3, -0.25) is 4.79 Å². The Balaban J connectivity index is 1.72. The average molecular weight is 352 g/mol. The number of nitrogens with one attached hydrogen (secondary N) is 1. The van der Waals surface area contributed by atoms with Crippen LogP contribution in [-0.4, -0.2) is 34.4 Å². The van der Waals surface area contributed by atoms with Gasteiger partial charge in [0.15, 0.2) is 11.9 Å². The third-order valence-corrected chi connectivity index (χ3v) is 6.89. The number of hydrogen-bond acceptors (Lipinski definition) is 4. The molecule has 0 spiro atoms. The molecule has 1 saturated carbocycles. The van der Waals surface area contributed by atoms with Crippen LogP contribution >= 0.6 is 7.72 Å². The van der Waals surface area contributed by atoms with Crippen molar-refractivity contribution in [3.8, 4) is 0 Å². The Hall–Kier alpha value is -0.800. The summed E-state index contributed by atoms with van der Waals surface area (Å²) in [5.74, 6) is 0.284. The summed E-state index contributed by atoms with van der Waals surface area (Å²) in [5, 5.41) is 3.12. The number of carbonyl (C=O) groups is 1. The van der Waals surface area contributed by atoms with Crippen molar-refractivity contribution in [2.75, 3.05) is 18.9 Å². The number of carbonyl (C=O) groups excluding carboxylic acids is 1. The van der Waals surface area contributed by atoms with Gasteiger partial charge >= 0.3 is 0 Å². The van der Waals surface area contributed by atoms with Gasteiger partial charge < -0.3 is 5.32 Å². The fourth-order valence-corrected chi connectivity index (χ4v) is 5.44. The van der Waals surface area contributed by atoms with Crippen LogP contribution in [0.1, 0.15) is 48.8 Å². The maximum atomic E-state index is 12.1. The van der Waals surface area contributed by atoms with Crippen LogP contribution in [-0.2, 0) is 11.3 Å². The van der Waals surface area contributed by atoms with E-state index in [-0.39, 0.29) is 18.5 Å². The molecule has 2 rings (SSSR count). The van der Waals surface area contributed by atoms with Crippen molar-refractivity contribution in [2.24, 2.45) is 5.92 Å². The Labute approximate surface area is 146 Å². The van der Waals surface area contributed by atoms with E-state index in [1.54, 1.807) is 0 Å². The van der Waals surface area contributed by atoms with Gasteiger partial charge in [-0.2, -0.15) is 0 Å². The molecule has 1 aliphatic carbocycles. The normalized spacial score (nSPS) is 16.3. The Morgan fingerprint density at radius 2 is 1.88 bits per heavy atom. The van der Waals surface area contributed by atoms with Gasteiger partial charge in [0, 0.05) is 6.54 Å². The van der Waals surface area contributed by atoms with Crippen molar-refractivity contribution in [1.82, 2.24) is 5.32 Å². The van der Waals surface area contributed by atoms with E-state index in [0.717, 1.165) is 18.4 Å². The lowest BCUT2D eigenvalue weighted by molar-refractivity contribution is -0.116. The fourth-order valence-electron chi connectivity index (χ4n) is 3.45. The molecule has 0 aromatic heterocycles. The quantitative estimate of drug-likeness (QED) is 0.628. The molecule has 0 saturated heterocycles. The SMILES string of the molecule is Cc1ccc(CNCC(=O)C[P+](O)(O)CC2CCCCC2)cc1C. The van der Waals surface area contributed by atoms with Crippen molar-refractivity contribution in [3.63, 3.8) is 0 Å². The summed E-state index contributed by atoms with van der Waals surface area (Å²) in [7, 11) is -3.08. The molecular formula is C19H31NO3P+. The van der Waals surface area contributed by atoms with Gasteiger partial charge in [0.25, 0.3) is 7.72 Å². The van der Waals surface area contributed by atoms with Gasteiger partial charge in [0.1, 0.15) is 6.16 Å². The van der Waals surface area contributed by atoms with Crippen molar-refractivity contribution < 1.29 is 14.6 Å². The van der Waals surface area contributed by atoms with E-state index in [9.17, 15) is 14.6 Å². The predicted octanol–water partition coefficient (Wildman–Crippen LogP) is 3.37. The first-order chi connectivity index (χ1) is 11.4. The Morgan fingerprint density at radius 1 is 1.17 bits per heavy atom. The summed E-state index contributed by atoms with van der Waals surface area (Å²) in [6.07, 6.45) is 6.09. The van der Waals surface area contributed by atoms with E-state index in [4.69, 9.17) is 0 Å². The largest absolute Gasteiger partial charge is 0.306 e. The van der Waals surface area contributed by atoms with E-state index in [1.807, 2.05) is 0 Å². The standard InChI is InChI=1S/C19H31NO3P/c1-15-8-9-18(10-16(15)2)11-20-12-19(21)14-24(22,23)13-17-6-4-3-5-7-17/h8-10,17,20,22-23H,3-7,11-14H2,1-2H3/q+1. The van der Waals surface area contributed by atoms with Gasteiger partial charge in [-0.25, -0.2) is 9.79 Å². The maximum absolute atomic E-state index is 12.1. The van der Waals surface area contributed by atoms with E-state index in [0.29, 0.717) is 18.6 Å². The molecule has 0 radical (unpaired) electrons. The second kappa shape index (κ2) is 9.05. The van der Waals surface area contributed by atoms with Crippen LogP contribution < -0.4 is 5.32 Å². The summed E-state index contributed by atoms with van der Waals surface area (Å²) in [4.78, 5) is 32.5. The molecule has 0 unspecified atom stereocenters. The molecule has 1 aromatic rings. The van der Waals surface area contributed by atoms with E-state index in [1.165, 1.54) is 30.4 Å². The van der Waals surface area contributed by atoms with Crippen molar-refractivity contribution in [1.29, 1.82) is 0 Å². The zero-order chi connectivity index (χ0) is 17.6. The molecule has 0 atom stereocenters. The number of ketones is 1. The summed E-state index contributed by atoms with van der Waals surface area (Å²) < 4.78 is 0. The molecular weight excluding hydrogens is 321 g/mol. The van der Waals surface area contributed by atoms with Gasteiger partial charge in [-0.05, 0) is 49.3 Å². The van der Waals surface area contributed by atoms with Crippen LogP contribution in [0.15, 0.2) is 18.2 Å². The summed E-state index contributed by atoms with van der Waals surface area (Å²) in [5.41, 5.74) is 3.64. The highest BCUT2D eigenvalue weighted by Gasteiger charge is 2.39. The zero-order valence-corrected chi connectivity index (χ0v) is 15.8. The topological polar surface area (TPSA) is 69.6 Å². The number of aryl methyl sites for hydroxylation is 2. The van der Waals surface area contributed by atoms with Crippen LogP contribution in [0.5, 0.6) is 0 Å². The molecule has 1 fully saturated rings. The molecule has 0 bridgehead atoms. The molecule has 3 N–H and O–H groups in total. The predicted molar refractivity (Wildman–Crippen MR) is 100 cm³/mol. The molecule has 0 amide bonds. The highest BCUT2D eigenvalue weighted by Crippen LogP contribution is 2.52. The number of benzene rings is 1. The molecule has 1 aliphatic rings. The first-order valence-electron chi connectivity index (χ1n) is 8.97. The highest BCUT2D eigenvalue weighted by molar-refractivity contribution is 7.65. The highest BCUT2D eigenvalue weighted by atomic mass is 31.2. The van der Waals surface area contributed by atoms with Crippen LogP contribution in [0.4, 0.5) is 0 Å². The molecule has 5 heteroatoms. The molecule has 0 heterocycles. The summed E-state index contributed by atoms with van der Waals surface area (Å²) >= 11 is 0. The van der Waals surface area contributed by atoms with Crippen molar-refractivity contribution >= 4 is 13.5 Å². The smallest absolute Gasteiger partial charge is 0.275 e. The lowest BCUT2D eigenvalue weighted by Crippen LogP contribution is -2.27. The summed E-state index contributed by atoms with van der Waals surface area (Å²) in [6.45, 7) is 4.97. The first-order valence-corrected chi connectivity index (χ1v) is 11.0. The van der Waals surface area contributed by atoms with Crippen LogP contribution in [0, 0.1) is 19.8 Å². The van der Waals surface area contributed by atoms with Crippen molar-refractivity contribution in [2.45, 2.75) is 52.5 Å². The monoisotopic (exact) mass is 352 g/mol. The van der Waals surface area contributed by atoms with Gasteiger partial charge in [0.05, 0.1) is 6.54 Å². The van der Waals surface area contributed by atoms with E-state index < -0.39 is 7.72 Å². The maximum Gasteiger partial charge on any atom is 0.275 e. The lowest BCUT2D eigenvalue weighted by atomic mass is 9.91. The third-order valence-electron chi connectivity index (χ3n) is 4.93. The minimum atomic E-state index is -3.08. The van der Waals surface area contributed by atoms with E-state index >= 15 is 0 Å². The van der Waals surface area contributed by atoms with Crippen LogP contribution in [0.2, 0.25) is 0 Å². The lowest BCUT2D eigenvalue weighted by Gasteiger charge is -2.23. The van der Waals surface area contributed by atoms with E-state index in [2.05, 4.69) is 37.4 Å². The Morgan fingerprint density at radius 3 is 2.54 bits per heavy atom. The Bertz CT molecular complexity index is 554. The number of rotatable bonds is 8. The van der Waals surface area contributed by atoms with Gasteiger partial charge in [0.2, 0.25) is 0 Å². The van der Waals surface area contributed by atoms with Gasteiger partial charge in [-0.1, -0.05) is 37.5 Å². The molecule has 24 heavy (non-hydrogen) atoms. The second-order valence-electron chi connectivity index (χ2n) is 7.28. The Kier molecular flexibility index (Phi) is 7.36. The fraction of sp³-hybridized carbons (Fsp3) is 0.632. The second-order valence-corrected chi connectivity index (χ2v) is 9.72. The molecule has 0 aliphatic heterocycles. The molecule has 1 aromatic carbocycles. The minimum absolute atomic E-state index is 0.0799. The number of Topliss-reactive ketones (excluding diaryl/α,β-unsaturated/α-hetero) is 1. The van der Waals surface area contributed by atoms with Crippen LogP contribution in [0.25, 0.3) is 0 Å². The summed E-state index contributed by atoms with van der Waals surface area (Å²) in [6, 6.07) is 6.25. The minimum Gasteiger partial charge on any atom is -0.306 e. The zero-order valence-electron chi connectivity index (χ0n) is 14.9.